The molecular formula is C12H8ClN2O2. The predicted octanol–water partition coefficient (Wildman–Crippen LogP) is 3.24. The number of pyridine rings is 1. The minimum absolute atomic E-state index is 0.0563. The fraction of sp³-hybridized carbons (Fsp3) is 0. The summed E-state index contributed by atoms with van der Waals surface area (Å²) in [6, 6.07) is 11.6. The molecule has 1 radical (unpaired) electrons. The molecule has 0 amide bonds. The van der Waals surface area contributed by atoms with Gasteiger partial charge in [0.2, 0.25) is 0 Å². The number of benzene rings is 1. The molecule has 5 heteroatoms. The van der Waals surface area contributed by atoms with Crippen molar-refractivity contribution >= 4 is 17.3 Å². The van der Waals surface area contributed by atoms with Gasteiger partial charge in [-0.05, 0) is 17.7 Å². The zero-order valence-electron chi connectivity index (χ0n) is 8.71. The molecule has 0 aliphatic rings. The van der Waals surface area contributed by atoms with Crippen LogP contribution in [0.25, 0.3) is 0 Å². The molecule has 2 rings (SSSR count). The van der Waals surface area contributed by atoms with Crippen LogP contribution in [-0.2, 0) is 0 Å². The summed E-state index contributed by atoms with van der Waals surface area (Å²) < 4.78 is 0. The van der Waals surface area contributed by atoms with Crippen molar-refractivity contribution in [2.24, 2.45) is 0 Å². The van der Waals surface area contributed by atoms with Crippen LogP contribution >= 0.6 is 11.6 Å². The molecule has 0 aliphatic carbocycles. The quantitative estimate of drug-likeness (QED) is 0.475. The van der Waals surface area contributed by atoms with E-state index in [0.717, 1.165) is 0 Å². The monoisotopic (exact) mass is 247 g/mol. The van der Waals surface area contributed by atoms with Crippen molar-refractivity contribution in [3.63, 3.8) is 0 Å². The molecule has 0 bridgehead atoms. The van der Waals surface area contributed by atoms with E-state index in [0.29, 0.717) is 16.4 Å². The minimum atomic E-state index is -0.428. The zero-order chi connectivity index (χ0) is 12.3. The van der Waals surface area contributed by atoms with Gasteiger partial charge in [-0.25, -0.2) is 4.98 Å². The van der Waals surface area contributed by atoms with E-state index in [1.165, 1.54) is 12.1 Å². The van der Waals surface area contributed by atoms with Gasteiger partial charge in [0.15, 0.2) is 0 Å². The minimum Gasteiger partial charge on any atom is -0.258 e. The van der Waals surface area contributed by atoms with Crippen molar-refractivity contribution < 1.29 is 4.92 Å². The predicted molar refractivity (Wildman–Crippen MR) is 64.8 cm³/mol. The summed E-state index contributed by atoms with van der Waals surface area (Å²) >= 11 is 5.75. The Labute approximate surface area is 103 Å². The Morgan fingerprint density at radius 2 is 2.00 bits per heavy atom. The van der Waals surface area contributed by atoms with Crippen LogP contribution < -0.4 is 0 Å². The van der Waals surface area contributed by atoms with Crippen molar-refractivity contribution in [2.45, 2.75) is 0 Å². The van der Waals surface area contributed by atoms with Crippen molar-refractivity contribution in [3.8, 4) is 0 Å². The average molecular weight is 248 g/mol. The summed E-state index contributed by atoms with van der Waals surface area (Å²) in [7, 11) is 0. The summed E-state index contributed by atoms with van der Waals surface area (Å²) in [6.07, 6.45) is 1.74. The highest BCUT2D eigenvalue weighted by atomic mass is 35.5. The highest BCUT2D eigenvalue weighted by Crippen LogP contribution is 2.17. The SMILES string of the molecule is O=[N+]([O-])c1cccc([CH]c2cccc(Cl)n2)c1. The maximum atomic E-state index is 10.6. The van der Waals surface area contributed by atoms with Gasteiger partial charge in [-0.1, -0.05) is 29.8 Å². The van der Waals surface area contributed by atoms with Crippen molar-refractivity contribution in [1.29, 1.82) is 0 Å². The molecule has 1 heterocycles. The number of rotatable bonds is 3. The smallest absolute Gasteiger partial charge is 0.258 e. The lowest BCUT2D eigenvalue weighted by molar-refractivity contribution is -0.384. The third-order valence-corrected chi connectivity index (χ3v) is 2.34. The van der Waals surface area contributed by atoms with Crippen molar-refractivity contribution in [1.82, 2.24) is 4.98 Å². The second-order valence-electron chi connectivity index (χ2n) is 3.38. The zero-order valence-corrected chi connectivity index (χ0v) is 9.46. The molecule has 0 N–H and O–H groups in total. The largest absolute Gasteiger partial charge is 0.269 e. The first kappa shape index (κ1) is 11.5. The van der Waals surface area contributed by atoms with E-state index in [2.05, 4.69) is 4.98 Å². The van der Waals surface area contributed by atoms with Gasteiger partial charge in [0, 0.05) is 18.6 Å². The summed E-state index contributed by atoms with van der Waals surface area (Å²) in [4.78, 5) is 14.3. The van der Waals surface area contributed by atoms with Crippen LogP contribution in [0.4, 0.5) is 5.69 Å². The van der Waals surface area contributed by atoms with Gasteiger partial charge in [0.05, 0.1) is 10.6 Å². The molecule has 0 saturated heterocycles. The Morgan fingerprint density at radius 3 is 2.71 bits per heavy atom. The lowest BCUT2D eigenvalue weighted by Gasteiger charge is -2.01. The summed E-state index contributed by atoms with van der Waals surface area (Å²) in [5.74, 6) is 0. The Bertz CT molecular complexity index is 558. The Hall–Kier alpha value is -1.94. The van der Waals surface area contributed by atoms with E-state index < -0.39 is 4.92 Å². The van der Waals surface area contributed by atoms with Gasteiger partial charge in [-0.2, -0.15) is 0 Å². The normalized spacial score (nSPS) is 10.2. The molecule has 0 atom stereocenters. The Kier molecular flexibility index (Phi) is 3.35. The number of hydrogen-bond acceptors (Lipinski definition) is 3. The Balaban J connectivity index is 2.24. The molecule has 4 nitrogen and oxygen atoms in total. The van der Waals surface area contributed by atoms with Crippen LogP contribution in [0.5, 0.6) is 0 Å². The molecule has 0 saturated carbocycles. The van der Waals surface area contributed by atoms with Gasteiger partial charge in [-0.3, -0.25) is 10.1 Å². The number of aromatic nitrogens is 1. The van der Waals surface area contributed by atoms with E-state index in [4.69, 9.17) is 11.6 Å². The molecule has 85 valence electrons. The number of nitro groups is 1. The van der Waals surface area contributed by atoms with E-state index in [-0.39, 0.29) is 5.69 Å². The van der Waals surface area contributed by atoms with Crippen LogP contribution in [0.3, 0.4) is 0 Å². The number of nitro benzene ring substituents is 1. The maximum Gasteiger partial charge on any atom is 0.269 e. The first-order valence-electron chi connectivity index (χ1n) is 4.87. The van der Waals surface area contributed by atoms with Crippen LogP contribution in [-0.4, -0.2) is 9.91 Å². The second-order valence-corrected chi connectivity index (χ2v) is 3.77. The maximum absolute atomic E-state index is 10.6. The molecule has 17 heavy (non-hydrogen) atoms. The van der Waals surface area contributed by atoms with Crippen LogP contribution in [0.2, 0.25) is 5.15 Å². The highest BCUT2D eigenvalue weighted by molar-refractivity contribution is 6.29. The number of hydrogen-bond donors (Lipinski definition) is 0. The lowest BCUT2D eigenvalue weighted by Crippen LogP contribution is -1.92. The first-order valence-corrected chi connectivity index (χ1v) is 5.25. The summed E-state index contributed by atoms with van der Waals surface area (Å²) in [5.41, 5.74) is 1.44. The molecule has 0 spiro atoms. The Morgan fingerprint density at radius 1 is 1.24 bits per heavy atom. The van der Waals surface area contributed by atoms with Crippen molar-refractivity contribution in [3.05, 3.63) is 75.4 Å². The van der Waals surface area contributed by atoms with E-state index in [1.807, 2.05) is 0 Å². The first-order chi connectivity index (χ1) is 8.15. The average Bonchev–Trinajstić information content (AvgIpc) is 2.29. The highest BCUT2D eigenvalue weighted by Gasteiger charge is 2.06. The molecular weight excluding hydrogens is 240 g/mol. The van der Waals surface area contributed by atoms with Crippen LogP contribution in [0.15, 0.2) is 42.5 Å². The van der Waals surface area contributed by atoms with Gasteiger partial charge in [0.1, 0.15) is 5.15 Å². The lowest BCUT2D eigenvalue weighted by atomic mass is 10.1. The van der Waals surface area contributed by atoms with E-state index in [9.17, 15) is 10.1 Å². The topological polar surface area (TPSA) is 56.0 Å². The fourth-order valence-electron chi connectivity index (χ4n) is 1.40. The van der Waals surface area contributed by atoms with Gasteiger partial charge in [-0.15, -0.1) is 0 Å². The molecule has 2 aromatic rings. The van der Waals surface area contributed by atoms with E-state index >= 15 is 0 Å². The second kappa shape index (κ2) is 4.93. The van der Waals surface area contributed by atoms with Crippen LogP contribution in [0, 0.1) is 16.5 Å². The third kappa shape index (κ3) is 3.01. The van der Waals surface area contributed by atoms with E-state index in [1.54, 1.807) is 36.8 Å². The number of nitrogens with zero attached hydrogens (tertiary/aromatic N) is 2. The molecule has 0 aliphatic heterocycles. The van der Waals surface area contributed by atoms with Gasteiger partial charge >= 0.3 is 0 Å². The molecule has 0 fully saturated rings. The van der Waals surface area contributed by atoms with Crippen LogP contribution in [0.1, 0.15) is 11.3 Å². The molecule has 0 unspecified atom stereocenters. The third-order valence-electron chi connectivity index (χ3n) is 2.13. The van der Waals surface area contributed by atoms with Gasteiger partial charge < -0.3 is 0 Å². The van der Waals surface area contributed by atoms with Crippen molar-refractivity contribution in [2.75, 3.05) is 0 Å². The standard InChI is InChI=1S/C12H8ClN2O2/c13-12-6-2-4-10(14-12)7-9-3-1-5-11(8-9)15(16)17/h1-8H. The van der Waals surface area contributed by atoms with Gasteiger partial charge in [0.25, 0.3) is 5.69 Å². The summed E-state index contributed by atoms with van der Waals surface area (Å²) in [5, 5.41) is 11.0. The fourth-order valence-corrected chi connectivity index (χ4v) is 1.57. The molecule has 1 aromatic carbocycles. The molecule has 1 aromatic heterocycles. The summed E-state index contributed by atoms with van der Waals surface area (Å²) in [6.45, 7) is 0. The number of non-ortho nitro benzene ring substituents is 1. The number of halogens is 1.